The molecular weight excluding hydrogens is 250 g/mol. The van der Waals surface area contributed by atoms with Gasteiger partial charge in [0.15, 0.2) is 0 Å². The average Bonchev–Trinajstić information content (AvgIpc) is 2.43. The first-order valence-electron chi connectivity index (χ1n) is 6.58. The van der Waals surface area contributed by atoms with E-state index >= 15 is 0 Å². The fourth-order valence-corrected chi connectivity index (χ4v) is 2.04. The molecule has 0 aliphatic carbocycles. The minimum Gasteiger partial charge on any atom is -0.508 e. The number of carbonyl (C=O) groups excluding carboxylic acids is 1. The second kappa shape index (κ2) is 5.78. The normalized spacial score (nSPS) is 10.3. The molecule has 0 spiro atoms. The van der Waals surface area contributed by atoms with Gasteiger partial charge in [-0.25, -0.2) is 0 Å². The van der Waals surface area contributed by atoms with Crippen molar-refractivity contribution in [2.45, 2.75) is 20.4 Å². The summed E-state index contributed by atoms with van der Waals surface area (Å²) in [6.45, 7) is 4.56. The van der Waals surface area contributed by atoms with E-state index < -0.39 is 0 Å². The first-order chi connectivity index (χ1) is 9.47. The predicted octanol–water partition coefficient (Wildman–Crippen LogP) is 3.28. The Bertz CT molecular complexity index is 617. The van der Waals surface area contributed by atoms with Crippen molar-refractivity contribution < 1.29 is 9.90 Å². The van der Waals surface area contributed by atoms with E-state index in [9.17, 15) is 9.90 Å². The number of hydrogen-bond donors (Lipinski definition) is 1. The van der Waals surface area contributed by atoms with Crippen molar-refractivity contribution in [3.8, 4) is 5.75 Å². The number of rotatable bonds is 3. The second-order valence-corrected chi connectivity index (χ2v) is 5.13. The standard InChI is InChI=1S/C17H19NO2/c1-12-4-7-15(10-13(12)2)17(20)18(3)11-14-5-8-16(19)9-6-14/h4-10,19H,11H2,1-3H3. The number of amides is 1. The smallest absolute Gasteiger partial charge is 0.253 e. The molecule has 104 valence electrons. The first kappa shape index (κ1) is 14.1. The van der Waals surface area contributed by atoms with Crippen LogP contribution in [0.5, 0.6) is 5.75 Å². The third-order valence-corrected chi connectivity index (χ3v) is 3.46. The molecule has 0 fully saturated rings. The summed E-state index contributed by atoms with van der Waals surface area (Å²) in [6.07, 6.45) is 0. The van der Waals surface area contributed by atoms with Crippen molar-refractivity contribution in [1.82, 2.24) is 4.90 Å². The lowest BCUT2D eigenvalue weighted by atomic mass is 10.1. The van der Waals surface area contributed by atoms with Crippen LogP contribution in [0, 0.1) is 13.8 Å². The zero-order valence-electron chi connectivity index (χ0n) is 12.1. The van der Waals surface area contributed by atoms with Crippen LogP contribution in [0.1, 0.15) is 27.0 Å². The van der Waals surface area contributed by atoms with Gasteiger partial charge in [0.1, 0.15) is 5.75 Å². The molecule has 0 unspecified atom stereocenters. The van der Waals surface area contributed by atoms with E-state index in [4.69, 9.17) is 0 Å². The van der Waals surface area contributed by atoms with Crippen LogP contribution < -0.4 is 0 Å². The molecule has 20 heavy (non-hydrogen) atoms. The molecule has 2 aromatic rings. The number of phenols is 1. The Morgan fingerprint density at radius 2 is 1.70 bits per heavy atom. The summed E-state index contributed by atoms with van der Waals surface area (Å²) in [6, 6.07) is 12.6. The van der Waals surface area contributed by atoms with Crippen LogP contribution in [0.25, 0.3) is 0 Å². The number of phenolic OH excluding ortho intramolecular Hbond substituents is 1. The van der Waals surface area contributed by atoms with Crippen molar-refractivity contribution in [3.05, 3.63) is 64.7 Å². The highest BCUT2D eigenvalue weighted by atomic mass is 16.3. The number of carbonyl (C=O) groups is 1. The fraction of sp³-hybridized carbons (Fsp3) is 0.235. The van der Waals surface area contributed by atoms with Crippen LogP contribution in [0.4, 0.5) is 0 Å². The van der Waals surface area contributed by atoms with Crippen LogP contribution in [-0.4, -0.2) is 23.0 Å². The molecule has 0 atom stereocenters. The highest BCUT2D eigenvalue weighted by molar-refractivity contribution is 5.94. The minimum absolute atomic E-state index is 0.00109. The highest BCUT2D eigenvalue weighted by Crippen LogP contribution is 2.14. The Balaban J connectivity index is 2.11. The topological polar surface area (TPSA) is 40.5 Å². The van der Waals surface area contributed by atoms with Gasteiger partial charge < -0.3 is 10.0 Å². The Morgan fingerprint density at radius 3 is 2.30 bits per heavy atom. The van der Waals surface area contributed by atoms with Crippen molar-refractivity contribution >= 4 is 5.91 Å². The molecule has 0 heterocycles. The van der Waals surface area contributed by atoms with Crippen LogP contribution in [0.15, 0.2) is 42.5 Å². The van der Waals surface area contributed by atoms with E-state index in [2.05, 4.69) is 0 Å². The molecule has 3 nitrogen and oxygen atoms in total. The summed E-state index contributed by atoms with van der Waals surface area (Å²) >= 11 is 0. The SMILES string of the molecule is Cc1ccc(C(=O)N(C)Cc2ccc(O)cc2)cc1C. The summed E-state index contributed by atoms with van der Waals surface area (Å²) in [5.74, 6) is 0.234. The third kappa shape index (κ3) is 3.18. The molecule has 1 N–H and O–H groups in total. The van der Waals surface area contributed by atoms with Gasteiger partial charge in [0.25, 0.3) is 5.91 Å². The van der Waals surface area contributed by atoms with Gasteiger partial charge in [-0.05, 0) is 54.8 Å². The summed E-state index contributed by atoms with van der Waals surface area (Å²) in [4.78, 5) is 14.0. The molecule has 2 rings (SSSR count). The molecule has 0 radical (unpaired) electrons. The molecule has 0 aromatic heterocycles. The molecule has 0 saturated heterocycles. The quantitative estimate of drug-likeness (QED) is 0.929. The maximum absolute atomic E-state index is 12.4. The second-order valence-electron chi connectivity index (χ2n) is 5.13. The number of nitrogens with zero attached hydrogens (tertiary/aromatic N) is 1. The molecule has 0 bridgehead atoms. The number of aryl methyl sites for hydroxylation is 2. The average molecular weight is 269 g/mol. The van der Waals surface area contributed by atoms with Crippen LogP contribution in [-0.2, 0) is 6.54 Å². The van der Waals surface area contributed by atoms with Gasteiger partial charge >= 0.3 is 0 Å². The lowest BCUT2D eigenvalue weighted by Crippen LogP contribution is -2.26. The molecular formula is C17H19NO2. The van der Waals surface area contributed by atoms with Gasteiger partial charge in [-0.1, -0.05) is 18.2 Å². The zero-order chi connectivity index (χ0) is 14.7. The van der Waals surface area contributed by atoms with Crippen molar-refractivity contribution in [3.63, 3.8) is 0 Å². The lowest BCUT2D eigenvalue weighted by Gasteiger charge is -2.18. The van der Waals surface area contributed by atoms with Gasteiger partial charge in [-0.15, -0.1) is 0 Å². The van der Waals surface area contributed by atoms with E-state index in [0.29, 0.717) is 12.1 Å². The first-order valence-corrected chi connectivity index (χ1v) is 6.58. The van der Waals surface area contributed by atoms with E-state index in [-0.39, 0.29) is 11.7 Å². The van der Waals surface area contributed by atoms with Gasteiger partial charge in [0.2, 0.25) is 0 Å². The van der Waals surface area contributed by atoms with E-state index in [0.717, 1.165) is 11.1 Å². The summed E-state index contributed by atoms with van der Waals surface area (Å²) < 4.78 is 0. The van der Waals surface area contributed by atoms with Gasteiger partial charge in [0, 0.05) is 19.2 Å². The van der Waals surface area contributed by atoms with Crippen molar-refractivity contribution in [1.29, 1.82) is 0 Å². The molecule has 0 aliphatic rings. The lowest BCUT2D eigenvalue weighted by molar-refractivity contribution is 0.0785. The summed E-state index contributed by atoms with van der Waals surface area (Å²) in [5.41, 5.74) is 3.99. The summed E-state index contributed by atoms with van der Waals surface area (Å²) in [5, 5.41) is 9.25. The van der Waals surface area contributed by atoms with Crippen LogP contribution in [0.2, 0.25) is 0 Å². The Hall–Kier alpha value is -2.29. The minimum atomic E-state index is 0.00109. The number of hydrogen-bond acceptors (Lipinski definition) is 2. The Kier molecular flexibility index (Phi) is 4.08. The van der Waals surface area contributed by atoms with Crippen molar-refractivity contribution in [2.24, 2.45) is 0 Å². The van der Waals surface area contributed by atoms with E-state index in [1.165, 1.54) is 5.56 Å². The van der Waals surface area contributed by atoms with E-state index in [1.807, 2.05) is 44.2 Å². The fourth-order valence-electron chi connectivity index (χ4n) is 2.04. The van der Waals surface area contributed by atoms with Crippen molar-refractivity contribution in [2.75, 3.05) is 7.05 Å². The Labute approximate surface area is 119 Å². The third-order valence-electron chi connectivity index (χ3n) is 3.46. The highest BCUT2D eigenvalue weighted by Gasteiger charge is 2.12. The summed E-state index contributed by atoms with van der Waals surface area (Å²) in [7, 11) is 1.78. The Morgan fingerprint density at radius 1 is 1.05 bits per heavy atom. The van der Waals surface area contributed by atoms with Gasteiger partial charge in [-0.3, -0.25) is 4.79 Å². The van der Waals surface area contributed by atoms with Crippen LogP contribution in [0.3, 0.4) is 0 Å². The van der Waals surface area contributed by atoms with Gasteiger partial charge in [0.05, 0.1) is 0 Å². The maximum atomic E-state index is 12.4. The molecule has 2 aromatic carbocycles. The molecule has 0 saturated carbocycles. The van der Waals surface area contributed by atoms with Gasteiger partial charge in [-0.2, -0.15) is 0 Å². The van der Waals surface area contributed by atoms with Crippen LogP contribution >= 0.6 is 0 Å². The zero-order valence-corrected chi connectivity index (χ0v) is 12.1. The maximum Gasteiger partial charge on any atom is 0.253 e. The monoisotopic (exact) mass is 269 g/mol. The number of benzene rings is 2. The van der Waals surface area contributed by atoms with E-state index in [1.54, 1.807) is 24.1 Å². The predicted molar refractivity (Wildman–Crippen MR) is 79.8 cm³/mol. The molecule has 0 aliphatic heterocycles. The molecule has 3 heteroatoms. The number of aromatic hydroxyl groups is 1. The largest absolute Gasteiger partial charge is 0.508 e. The molecule has 1 amide bonds.